The Bertz CT molecular complexity index is 509. The molecule has 20 heavy (non-hydrogen) atoms. The third-order valence-corrected chi connectivity index (χ3v) is 4.30. The minimum Gasteiger partial charge on any atom is -0.338 e. The number of carbonyl (C=O) groups is 1. The third kappa shape index (κ3) is 3.84. The normalized spacial score (nSPS) is 12.1. The van der Waals surface area contributed by atoms with Gasteiger partial charge in [-0.3, -0.25) is 4.68 Å². The molecule has 2 amide bonds. The van der Waals surface area contributed by atoms with Gasteiger partial charge >= 0.3 is 6.03 Å². The molecule has 108 valence electrons. The van der Waals surface area contributed by atoms with Crippen LogP contribution in [0.3, 0.4) is 0 Å². The second-order valence-electron chi connectivity index (χ2n) is 4.66. The number of amides is 2. The number of rotatable bonds is 6. The summed E-state index contributed by atoms with van der Waals surface area (Å²) in [5.41, 5.74) is 0. The molecule has 5 nitrogen and oxygen atoms in total. The van der Waals surface area contributed by atoms with Crippen molar-refractivity contribution in [2.75, 3.05) is 13.6 Å². The summed E-state index contributed by atoms with van der Waals surface area (Å²) < 4.78 is 1.87. The van der Waals surface area contributed by atoms with Crippen molar-refractivity contribution in [3.05, 3.63) is 40.8 Å². The molecule has 0 saturated carbocycles. The lowest BCUT2D eigenvalue weighted by Crippen LogP contribution is -2.39. The van der Waals surface area contributed by atoms with E-state index in [-0.39, 0.29) is 12.1 Å². The molecule has 2 aromatic rings. The molecule has 0 saturated heterocycles. The molecule has 0 aliphatic heterocycles. The van der Waals surface area contributed by atoms with Gasteiger partial charge in [-0.05, 0) is 30.9 Å². The predicted octanol–water partition coefficient (Wildman–Crippen LogP) is 2.74. The summed E-state index contributed by atoms with van der Waals surface area (Å²) in [6.07, 6.45) is 4.55. The number of aryl methyl sites for hydroxylation is 1. The molecule has 6 heteroatoms. The zero-order valence-corrected chi connectivity index (χ0v) is 12.6. The Morgan fingerprint density at radius 1 is 1.55 bits per heavy atom. The molecule has 0 aliphatic carbocycles. The average molecular weight is 292 g/mol. The van der Waals surface area contributed by atoms with Gasteiger partial charge < -0.3 is 10.2 Å². The van der Waals surface area contributed by atoms with Crippen LogP contribution in [-0.2, 0) is 6.54 Å². The number of hydrogen-bond donors (Lipinski definition) is 1. The van der Waals surface area contributed by atoms with Crippen molar-refractivity contribution in [2.24, 2.45) is 0 Å². The first-order valence-electron chi connectivity index (χ1n) is 6.70. The van der Waals surface area contributed by atoms with Gasteiger partial charge in [-0.2, -0.15) is 5.10 Å². The minimum atomic E-state index is -0.0358. The molecule has 2 rings (SSSR count). The van der Waals surface area contributed by atoms with Crippen LogP contribution >= 0.6 is 11.3 Å². The topological polar surface area (TPSA) is 50.2 Å². The van der Waals surface area contributed by atoms with Crippen LogP contribution in [0.2, 0.25) is 0 Å². The molecule has 2 aromatic heterocycles. The van der Waals surface area contributed by atoms with E-state index in [1.54, 1.807) is 22.4 Å². The Morgan fingerprint density at radius 2 is 2.40 bits per heavy atom. The minimum absolute atomic E-state index is 0.0358. The molecule has 1 atom stereocenters. The summed E-state index contributed by atoms with van der Waals surface area (Å²) in [5, 5.41) is 9.09. The fourth-order valence-electron chi connectivity index (χ4n) is 1.89. The second-order valence-corrected chi connectivity index (χ2v) is 5.64. The Morgan fingerprint density at radius 3 is 3.05 bits per heavy atom. The molecule has 0 bridgehead atoms. The van der Waals surface area contributed by atoms with Gasteiger partial charge in [0.25, 0.3) is 0 Å². The van der Waals surface area contributed by atoms with Crippen LogP contribution in [0.5, 0.6) is 0 Å². The predicted molar refractivity (Wildman–Crippen MR) is 80.7 cm³/mol. The Balaban J connectivity index is 1.71. The highest BCUT2D eigenvalue weighted by atomic mass is 32.1. The van der Waals surface area contributed by atoms with Crippen LogP contribution in [0.1, 0.15) is 24.3 Å². The molecular weight excluding hydrogens is 272 g/mol. The van der Waals surface area contributed by atoms with Crippen LogP contribution in [0.15, 0.2) is 36.0 Å². The maximum Gasteiger partial charge on any atom is 0.317 e. The lowest BCUT2D eigenvalue weighted by atomic mass is 10.2. The number of nitrogens with one attached hydrogen (secondary N) is 1. The highest BCUT2D eigenvalue weighted by molar-refractivity contribution is 7.10. The number of nitrogens with zero attached hydrogens (tertiary/aromatic N) is 3. The fourth-order valence-corrected chi connectivity index (χ4v) is 2.72. The molecule has 0 aromatic carbocycles. The number of hydrogen-bond acceptors (Lipinski definition) is 3. The first kappa shape index (κ1) is 14.6. The van der Waals surface area contributed by atoms with E-state index in [0.717, 1.165) is 13.0 Å². The van der Waals surface area contributed by atoms with Gasteiger partial charge in [0.1, 0.15) is 0 Å². The highest BCUT2D eigenvalue weighted by Gasteiger charge is 2.17. The van der Waals surface area contributed by atoms with Crippen molar-refractivity contribution in [2.45, 2.75) is 25.9 Å². The summed E-state index contributed by atoms with van der Waals surface area (Å²) in [5.74, 6) is 0. The molecule has 0 aliphatic rings. The highest BCUT2D eigenvalue weighted by Crippen LogP contribution is 2.23. The zero-order chi connectivity index (χ0) is 14.4. The summed E-state index contributed by atoms with van der Waals surface area (Å²) in [4.78, 5) is 15.0. The fraction of sp³-hybridized carbons (Fsp3) is 0.429. The van der Waals surface area contributed by atoms with E-state index < -0.39 is 0 Å². The largest absolute Gasteiger partial charge is 0.338 e. The van der Waals surface area contributed by atoms with E-state index in [1.165, 1.54) is 4.88 Å². The van der Waals surface area contributed by atoms with Crippen molar-refractivity contribution in [1.82, 2.24) is 20.0 Å². The second kappa shape index (κ2) is 7.09. The molecule has 0 fully saturated rings. The summed E-state index contributed by atoms with van der Waals surface area (Å²) in [7, 11) is 1.83. The van der Waals surface area contributed by atoms with Gasteiger partial charge in [0.05, 0.1) is 6.04 Å². The van der Waals surface area contributed by atoms with E-state index >= 15 is 0 Å². The maximum absolute atomic E-state index is 12.0. The van der Waals surface area contributed by atoms with E-state index in [4.69, 9.17) is 0 Å². The molecule has 0 radical (unpaired) electrons. The van der Waals surface area contributed by atoms with Crippen molar-refractivity contribution in [3.8, 4) is 0 Å². The number of thiophene rings is 1. The quantitative estimate of drug-likeness (QED) is 0.832. The molecule has 0 spiro atoms. The van der Waals surface area contributed by atoms with Gasteiger partial charge in [-0.1, -0.05) is 6.07 Å². The van der Waals surface area contributed by atoms with Crippen molar-refractivity contribution < 1.29 is 4.79 Å². The monoisotopic (exact) mass is 292 g/mol. The van der Waals surface area contributed by atoms with Gasteiger partial charge in [0, 0.05) is 37.4 Å². The van der Waals surface area contributed by atoms with Gasteiger partial charge in [0.15, 0.2) is 0 Å². The first-order valence-corrected chi connectivity index (χ1v) is 7.58. The lowest BCUT2D eigenvalue weighted by molar-refractivity contribution is 0.195. The Hall–Kier alpha value is -1.82. The van der Waals surface area contributed by atoms with E-state index in [2.05, 4.69) is 16.5 Å². The van der Waals surface area contributed by atoms with Crippen molar-refractivity contribution in [3.63, 3.8) is 0 Å². The van der Waals surface area contributed by atoms with Crippen molar-refractivity contribution >= 4 is 17.4 Å². The van der Waals surface area contributed by atoms with Gasteiger partial charge in [-0.25, -0.2) is 4.79 Å². The Kier molecular flexibility index (Phi) is 5.17. The SMILES string of the molecule is C[C@@H](c1cccs1)N(C)C(=O)NCCCn1cccn1. The number of urea groups is 1. The van der Waals surface area contributed by atoms with Crippen LogP contribution in [0.4, 0.5) is 4.79 Å². The summed E-state index contributed by atoms with van der Waals surface area (Å²) in [6, 6.07) is 6.02. The van der Waals surface area contributed by atoms with Crippen LogP contribution in [0.25, 0.3) is 0 Å². The average Bonchev–Trinajstić information content (AvgIpc) is 3.14. The zero-order valence-electron chi connectivity index (χ0n) is 11.8. The van der Waals surface area contributed by atoms with Crippen molar-refractivity contribution in [1.29, 1.82) is 0 Å². The number of carbonyl (C=O) groups excluding carboxylic acids is 1. The smallest absolute Gasteiger partial charge is 0.317 e. The standard InChI is InChI=1S/C14H20N4OS/c1-12(13-6-3-11-20-13)17(2)14(19)15-7-4-9-18-10-5-8-16-18/h3,5-6,8,10-12H,4,7,9H2,1-2H3,(H,15,19)/t12-/m0/s1. The molecule has 0 unspecified atom stereocenters. The van der Waals surface area contributed by atoms with Gasteiger partial charge in [-0.15, -0.1) is 11.3 Å². The maximum atomic E-state index is 12.0. The van der Waals surface area contributed by atoms with E-state index in [1.807, 2.05) is 42.4 Å². The van der Waals surface area contributed by atoms with E-state index in [9.17, 15) is 4.79 Å². The summed E-state index contributed by atoms with van der Waals surface area (Å²) in [6.45, 7) is 3.51. The molecule has 1 N–H and O–H groups in total. The number of aromatic nitrogens is 2. The Labute approximate surface area is 123 Å². The molecule has 2 heterocycles. The van der Waals surface area contributed by atoms with Crippen LogP contribution < -0.4 is 5.32 Å². The van der Waals surface area contributed by atoms with Crippen LogP contribution in [0, 0.1) is 0 Å². The third-order valence-electron chi connectivity index (χ3n) is 3.26. The lowest BCUT2D eigenvalue weighted by Gasteiger charge is -2.24. The molecular formula is C14H20N4OS. The summed E-state index contributed by atoms with van der Waals surface area (Å²) >= 11 is 1.67. The van der Waals surface area contributed by atoms with Crippen LogP contribution in [-0.4, -0.2) is 34.3 Å². The van der Waals surface area contributed by atoms with Gasteiger partial charge in [0.2, 0.25) is 0 Å². The first-order chi connectivity index (χ1) is 9.68. The van der Waals surface area contributed by atoms with E-state index in [0.29, 0.717) is 6.54 Å².